The van der Waals surface area contributed by atoms with E-state index < -0.39 is 6.04 Å². The van der Waals surface area contributed by atoms with E-state index in [0.717, 1.165) is 24.3 Å². The van der Waals surface area contributed by atoms with Crippen molar-refractivity contribution < 1.29 is 14.3 Å². The van der Waals surface area contributed by atoms with Gasteiger partial charge >= 0.3 is 0 Å². The summed E-state index contributed by atoms with van der Waals surface area (Å²) in [6.07, 6.45) is 1.97. The minimum atomic E-state index is -0.447. The lowest BCUT2D eigenvalue weighted by Crippen LogP contribution is -2.51. The number of fused-ring (bicyclic) bond motifs is 1. The fourth-order valence-electron chi connectivity index (χ4n) is 2.65. The summed E-state index contributed by atoms with van der Waals surface area (Å²) in [7, 11) is 0. The summed E-state index contributed by atoms with van der Waals surface area (Å²) in [5, 5.41) is 0. The van der Waals surface area contributed by atoms with Crippen LogP contribution in [-0.4, -0.2) is 42.1 Å². The second-order valence-electron chi connectivity index (χ2n) is 6.49. The minimum Gasteiger partial charge on any atom is -0.486 e. The van der Waals surface area contributed by atoms with Crippen molar-refractivity contribution in [2.75, 3.05) is 13.2 Å². The van der Waals surface area contributed by atoms with Gasteiger partial charge in [-0.15, -0.1) is 0 Å². The highest BCUT2D eigenvalue weighted by atomic mass is 16.6. The van der Waals surface area contributed by atoms with E-state index in [-0.39, 0.29) is 17.9 Å². The Kier molecular flexibility index (Phi) is 4.25. The third-order valence-electron chi connectivity index (χ3n) is 4.24. The van der Waals surface area contributed by atoms with Gasteiger partial charge in [0.05, 0.1) is 12.6 Å². The SMILES string of the molecule is CC(C)[C@H](N)C(=O)N(C[C@@H]1COc2ccccc2O1)C1CC1. The Morgan fingerprint density at radius 3 is 2.64 bits per heavy atom. The Balaban J connectivity index is 1.66. The molecule has 1 saturated carbocycles. The maximum atomic E-state index is 12.6. The van der Waals surface area contributed by atoms with E-state index in [1.807, 2.05) is 43.0 Å². The molecule has 1 aliphatic carbocycles. The molecule has 0 bridgehead atoms. The molecule has 1 fully saturated rings. The van der Waals surface area contributed by atoms with E-state index in [0.29, 0.717) is 19.2 Å². The van der Waals surface area contributed by atoms with Crippen LogP contribution in [0.25, 0.3) is 0 Å². The zero-order valence-electron chi connectivity index (χ0n) is 13.2. The Morgan fingerprint density at radius 2 is 2.00 bits per heavy atom. The van der Waals surface area contributed by atoms with Crippen molar-refractivity contribution in [3.63, 3.8) is 0 Å². The molecule has 1 aliphatic heterocycles. The van der Waals surface area contributed by atoms with E-state index in [1.165, 1.54) is 0 Å². The van der Waals surface area contributed by atoms with Crippen LogP contribution < -0.4 is 15.2 Å². The summed E-state index contributed by atoms with van der Waals surface area (Å²) < 4.78 is 11.7. The number of benzene rings is 1. The molecule has 2 aliphatic rings. The summed E-state index contributed by atoms with van der Waals surface area (Å²) in [5.74, 6) is 1.68. The highest BCUT2D eigenvalue weighted by Crippen LogP contribution is 2.33. The fraction of sp³-hybridized carbons (Fsp3) is 0.588. The number of ether oxygens (including phenoxy) is 2. The third kappa shape index (κ3) is 3.19. The number of hydrogen-bond donors (Lipinski definition) is 1. The number of nitrogens with zero attached hydrogens (tertiary/aromatic N) is 1. The Morgan fingerprint density at radius 1 is 1.32 bits per heavy atom. The average molecular weight is 304 g/mol. The Bertz CT molecular complexity index is 542. The molecule has 5 nitrogen and oxygen atoms in total. The maximum absolute atomic E-state index is 12.6. The molecule has 120 valence electrons. The van der Waals surface area contributed by atoms with Gasteiger partial charge in [-0.25, -0.2) is 0 Å². The van der Waals surface area contributed by atoms with E-state index >= 15 is 0 Å². The molecule has 0 unspecified atom stereocenters. The number of rotatable bonds is 5. The van der Waals surface area contributed by atoms with Gasteiger partial charge in [0, 0.05) is 6.04 Å². The molecule has 2 N–H and O–H groups in total. The molecular weight excluding hydrogens is 280 g/mol. The Labute approximate surface area is 131 Å². The lowest BCUT2D eigenvalue weighted by molar-refractivity contribution is -0.135. The second kappa shape index (κ2) is 6.16. The van der Waals surface area contributed by atoms with Gasteiger partial charge in [-0.05, 0) is 30.9 Å². The van der Waals surface area contributed by atoms with Crippen molar-refractivity contribution in [3.8, 4) is 11.5 Å². The smallest absolute Gasteiger partial charge is 0.240 e. The van der Waals surface area contributed by atoms with Crippen LogP contribution in [0.15, 0.2) is 24.3 Å². The van der Waals surface area contributed by atoms with Crippen molar-refractivity contribution in [1.82, 2.24) is 4.90 Å². The van der Waals surface area contributed by atoms with Gasteiger partial charge < -0.3 is 20.1 Å². The van der Waals surface area contributed by atoms with Crippen molar-refractivity contribution in [1.29, 1.82) is 0 Å². The molecule has 0 radical (unpaired) electrons. The first-order valence-electron chi connectivity index (χ1n) is 8.01. The molecule has 22 heavy (non-hydrogen) atoms. The monoisotopic (exact) mass is 304 g/mol. The largest absolute Gasteiger partial charge is 0.486 e. The highest BCUT2D eigenvalue weighted by molar-refractivity contribution is 5.82. The van der Waals surface area contributed by atoms with Gasteiger partial charge in [0.15, 0.2) is 17.6 Å². The summed E-state index contributed by atoms with van der Waals surface area (Å²) in [5.41, 5.74) is 6.04. The molecule has 1 heterocycles. The van der Waals surface area contributed by atoms with E-state index in [4.69, 9.17) is 15.2 Å². The molecule has 2 atom stereocenters. The molecule has 5 heteroatoms. The number of hydrogen-bond acceptors (Lipinski definition) is 4. The van der Waals surface area contributed by atoms with Crippen LogP contribution in [0.1, 0.15) is 26.7 Å². The number of carbonyl (C=O) groups is 1. The van der Waals surface area contributed by atoms with Crippen molar-refractivity contribution in [3.05, 3.63) is 24.3 Å². The van der Waals surface area contributed by atoms with Gasteiger partial charge in [0.1, 0.15) is 6.61 Å². The quantitative estimate of drug-likeness (QED) is 0.901. The zero-order valence-corrected chi connectivity index (χ0v) is 13.2. The molecule has 0 saturated heterocycles. The molecule has 3 rings (SSSR count). The minimum absolute atomic E-state index is 0.0277. The molecule has 0 spiro atoms. The van der Waals surface area contributed by atoms with E-state index in [1.54, 1.807) is 0 Å². The van der Waals surface area contributed by atoms with Crippen LogP contribution in [0, 0.1) is 5.92 Å². The van der Waals surface area contributed by atoms with E-state index in [2.05, 4.69) is 0 Å². The summed E-state index contributed by atoms with van der Waals surface area (Å²) in [6.45, 7) is 4.96. The standard InChI is InChI=1S/C17H24N2O3/c1-11(2)16(18)17(20)19(12-7-8-12)9-13-10-21-14-5-3-4-6-15(14)22-13/h3-6,11-13,16H,7-10,18H2,1-2H3/t13-,16+/m1/s1. The Hall–Kier alpha value is -1.75. The van der Waals surface area contributed by atoms with Crippen LogP contribution >= 0.6 is 0 Å². The number of amides is 1. The summed E-state index contributed by atoms with van der Waals surface area (Å²) >= 11 is 0. The highest BCUT2D eigenvalue weighted by Gasteiger charge is 2.38. The second-order valence-corrected chi connectivity index (χ2v) is 6.49. The van der Waals surface area contributed by atoms with Gasteiger partial charge in [-0.3, -0.25) is 4.79 Å². The fourth-order valence-corrected chi connectivity index (χ4v) is 2.65. The van der Waals surface area contributed by atoms with Gasteiger partial charge in [0.2, 0.25) is 5.91 Å². The van der Waals surface area contributed by atoms with Crippen LogP contribution in [0.5, 0.6) is 11.5 Å². The first-order chi connectivity index (χ1) is 10.6. The molecule has 1 amide bonds. The lowest BCUT2D eigenvalue weighted by atomic mass is 10.0. The molecule has 1 aromatic carbocycles. The topological polar surface area (TPSA) is 64.8 Å². The molecule has 0 aromatic heterocycles. The van der Waals surface area contributed by atoms with Gasteiger partial charge in [-0.2, -0.15) is 0 Å². The number of carbonyl (C=O) groups excluding carboxylic acids is 1. The normalized spacial score (nSPS) is 21.5. The predicted molar refractivity (Wildman–Crippen MR) is 83.9 cm³/mol. The number of para-hydroxylation sites is 2. The zero-order chi connectivity index (χ0) is 15.7. The van der Waals surface area contributed by atoms with Crippen molar-refractivity contribution in [2.45, 2.75) is 44.9 Å². The van der Waals surface area contributed by atoms with Gasteiger partial charge in [0.25, 0.3) is 0 Å². The molecule has 1 aromatic rings. The number of nitrogens with two attached hydrogens (primary N) is 1. The van der Waals surface area contributed by atoms with Crippen LogP contribution in [-0.2, 0) is 4.79 Å². The van der Waals surface area contributed by atoms with Crippen LogP contribution in [0.2, 0.25) is 0 Å². The predicted octanol–water partition coefficient (Wildman–Crippen LogP) is 1.80. The van der Waals surface area contributed by atoms with Gasteiger partial charge in [-0.1, -0.05) is 26.0 Å². The first-order valence-corrected chi connectivity index (χ1v) is 8.01. The maximum Gasteiger partial charge on any atom is 0.240 e. The first kappa shape index (κ1) is 15.2. The van der Waals surface area contributed by atoms with Crippen molar-refractivity contribution >= 4 is 5.91 Å². The van der Waals surface area contributed by atoms with E-state index in [9.17, 15) is 4.79 Å². The van der Waals surface area contributed by atoms with Crippen molar-refractivity contribution in [2.24, 2.45) is 11.7 Å². The van der Waals surface area contributed by atoms with Crippen LogP contribution in [0.4, 0.5) is 0 Å². The summed E-state index contributed by atoms with van der Waals surface area (Å²) in [4.78, 5) is 14.5. The van der Waals surface area contributed by atoms with Crippen LogP contribution in [0.3, 0.4) is 0 Å². The summed E-state index contributed by atoms with van der Waals surface area (Å²) in [6, 6.07) is 7.50. The third-order valence-corrected chi connectivity index (χ3v) is 4.24. The molecular formula is C17H24N2O3. The lowest BCUT2D eigenvalue weighted by Gasteiger charge is -2.33. The average Bonchev–Trinajstić information content (AvgIpc) is 3.35.